The molecule has 0 fully saturated rings. The lowest BCUT2D eigenvalue weighted by Gasteiger charge is -1.99. The van der Waals surface area contributed by atoms with Crippen LogP contribution in [0.1, 0.15) is 5.56 Å². The SMILES string of the molecule is O=[SH](=O)Cc1cc(O)ccc1Cl. The zero-order chi connectivity index (χ0) is 9.14. The third-order valence-corrected chi connectivity index (χ3v) is 2.30. The average Bonchev–Trinajstić information content (AvgIpc) is 1.96. The maximum absolute atomic E-state index is 10.3. The van der Waals surface area contributed by atoms with Crippen molar-refractivity contribution >= 4 is 22.3 Å². The summed E-state index contributed by atoms with van der Waals surface area (Å²) in [6, 6.07) is 4.21. The summed E-state index contributed by atoms with van der Waals surface area (Å²) in [6.45, 7) is 0. The maximum atomic E-state index is 10.3. The van der Waals surface area contributed by atoms with Gasteiger partial charge in [0.05, 0.1) is 5.75 Å². The van der Waals surface area contributed by atoms with Gasteiger partial charge in [0.15, 0.2) is 0 Å². The van der Waals surface area contributed by atoms with Gasteiger partial charge in [0, 0.05) is 5.02 Å². The van der Waals surface area contributed by atoms with Crippen LogP contribution in [0, 0.1) is 0 Å². The van der Waals surface area contributed by atoms with Gasteiger partial charge in [0.1, 0.15) is 16.5 Å². The van der Waals surface area contributed by atoms with E-state index in [9.17, 15) is 8.42 Å². The highest BCUT2D eigenvalue weighted by molar-refractivity contribution is 7.71. The van der Waals surface area contributed by atoms with Crippen LogP contribution < -0.4 is 0 Å². The number of hydrogen-bond acceptors (Lipinski definition) is 3. The summed E-state index contributed by atoms with van der Waals surface area (Å²) >= 11 is 5.66. The number of hydrogen-bond donors (Lipinski definition) is 2. The van der Waals surface area contributed by atoms with Crippen molar-refractivity contribution in [2.45, 2.75) is 5.75 Å². The van der Waals surface area contributed by atoms with Gasteiger partial charge in [0.2, 0.25) is 0 Å². The van der Waals surface area contributed by atoms with Crippen LogP contribution in [0.25, 0.3) is 0 Å². The minimum Gasteiger partial charge on any atom is -0.508 e. The van der Waals surface area contributed by atoms with E-state index in [0.717, 1.165) is 0 Å². The predicted octanol–water partition coefficient (Wildman–Crippen LogP) is 1.16. The minimum atomic E-state index is -2.50. The van der Waals surface area contributed by atoms with E-state index in [-0.39, 0.29) is 11.5 Å². The second-order valence-corrected chi connectivity index (χ2v) is 3.66. The second-order valence-electron chi connectivity index (χ2n) is 2.27. The van der Waals surface area contributed by atoms with Crippen molar-refractivity contribution in [3.8, 4) is 5.75 Å². The number of phenolic OH excluding ortho intramolecular Hbond substituents is 1. The highest BCUT2D eigenvalue weighted by Crippen LogP contribution is 2.21. The molecule has 0 saturated carbocycles. The molecule has 0 bridgehead atoms. The Bertz CT molecular complexity index is 352. The van der Waals surface area contributed by atoms with Crippen molar-refractivity contribution in [3.05, 3.63) is 28.8 Å². The second kappa shape index (κ2) is 3.78. The van der Waals surface area contributed by atoms with Gasteiger partial charge in [-0.05, 0) is 23.8 Å². The topological polar surface area (TPSA) is 54.4 Å². The van der Waals surface area contributed by atoms with Crippen molar-refractivity contribution in [1.29, 1.82) is 0 Å². The van der Waals surface area contributed by atoms with Gasteiger partial charge < -0.3 is 5.11 Å². The number of halogens is 1. The lowest BCUT2D eigenvalue weighted by Crippen LogP contribution is -1.87. The molecule has 0 amide bonds. The van der Waals surface area contributed by atoms with Gasteiger partial charge in [-0.25, -0.2) is 8.42 Å². The number of phenols is 1. The maximum Gasteiger partial charge on any atom is 0.144 e. The molecule has 0 aromatic heterocycles. The fourth-order valence-electron chi connectivity index (χ4n) is 0.821. The Labute approximate surface area is 76.6 Å². The van der Waals surface area contributed by atoms with Crippen LogP contribution in [0.3, 0.4) is 0 Å². The van der Waals surface area contributed by atoms with Crippen LogP contribution in [0.2, 0.25) is 5.02 Å². The molecule has 0 aliphatic rings. The van der Waals surface area contributed by atoms with Crippen LogP contribution in [0.15, 0.2) is 18.2 Å². The number of aromatic hydroxyl groups is 1. The van der Waals surface area contributed by atoms with Gasteiger partial charge in [-0.15, -0.1) is 0 Å². The Kier molecular flexibility index (Phi) is 2.94. The molecule has 0 unspecified atom stereocenters. The van der Waals surface area contributed by atoms with Gasteiger partial charge in [-0.1, -0.05) is 11.6 Å². The summed E-state index contributed by atoms with van der Waals surface area (Å²) in [4.78, 5) is 0. The van der Waals surface area contributed by atoms with E-state index in [1.54, 1.807) is 0 Å². The molecule has 0 spiro atoms. The molecule has 1 aromatic rings. The summed E-state index contributed by atoms with van der Waals surface area (Å²) in [7, 11) is -2.50. The molecule has 1 aromatic carbocycles. The zero-order valence-electron chi connectivity index (χ0n) is 6.03. The van der Waals surface area contributed by atoms with Crippen molar-refractivity contribution in [1.82, 2.24) is 0 Å². The van der Waals surface area contributed by atoms with Crippen molar-refractivity contribution < 1.29 is 13.5 Å². The van der Waals surface area contributed by atoms with Crippen LogP contribution in [0.5, 0.6) is 5.75 Å². The van der Waals surface area contributed by atoms with Crippen molar-refractivity contribution in [2.75, 3.05) is 0 Å². The summed E-state index contributed by atoms with van der Waals surface area (Å²) in [5.41, 5.74) is 0.424. The third-order valence-electron chi connectivity index (χ3n) is 1.33. The monoisotopic (exact) mass is 206 g/mol. The molecule has 1 N–H and O–H groups in total. The van der Waals surface area contributed by atoms with Crippen LogP contribution >= 0.6 is 11.6 Å². The van der Waals surface area contributed by atoms with Gasteiger partial charge >= 0.3 is 0 Å². The molecule has 0 aliphatic heterocycles. The summed E-state index contributed by atoms with van der Waals surface area (Å²) < 4.78 is 20.7. The first-order chi connectivity index (χ1) is 5.59. The number of rotatable bonds is 2. The Hall–Kier alpha value is -0.740. The van der Waals surface area contributed by atoms with Crippen LogP contribution in [-0.4, -0.2) is 13.5 Å². The first-order valence-corrected chi connectivity index (χ1v) is 4.93. The van der Waals surface area contributed by atoms with E-state index >= 15 is 0 Å². The molecule has 0 saturated heterocycles. The standard InChI is InChI=1S/C7H7ClO3S/c8-7-2-1-6(9)3-5(7)4-12(10)11/h1-3,9,12H,4H2. The molecule has 0 atom stereocenters. The Morgan fingerprint density at radius 3 is 2.67 bits per heavy atom. The fraction of sp³-hybridized carbons (Fsp3) is 0.143. The van der Waals surface area contributed by atoms with E-state index in [2.05, 4.69) is 0 Å². The molecule has 3 nitrogen and oxygen atoms in total. The molecule has 0 aliphatic carbocycles. The minimum absolute atomic E-state index is 0.0197. The first-order valence-electron chi connectivity index (χ1n) is 3.19. The highest BCUT2D eigenvalue weighted by atomic mass is 35.5. The van der Waals surface area contributed by atoms with E-state index in [1.165, 1.54) is 18.2 Å². The lowest BCUT2D eigenvalue weighted by atomic mass is 10.2. The molecular formula is C7H7ClO3S. The van der Waals surface area contributed by atoms with E-state index in [1.807, 2.05) is 0 Å². The average molecular weight is 207 g/mol. The third kappa shape index (κ3) is 2.39. The van der Waals surface area contributed by atoms with Crippen molar-refractivity contribution in [2.24, 2.45) is 0 Å². The van der Waals surface area contributed by atoms with E-state index < -0.39 is 10.7 Å². The predicted molar refractivity (Wildman–Crippen MR) is 47.1 cm³/mol. The van der Waals surface area contributed by atoms with Gasteiger partial charge in [0.25, 0.3) is 0 Å². The molecule has 12 heavy (non-hydrogen) atoms. The smallest absolute Gasteiger partial charge is 0.144 e. The Balaban J connectivity index is 3.05. The van der Waals surface area contributed by atoms with E-state index in [4.69, 9.17) is 16.7 Å². The first kappa shape index (κ1) is 9.35. The van der Waals surface area contributed by atoms with Crippen LogP contribution in [-0.2, 0) is 16.5 Å². The number of thiol groups is 1. The fourth-order valence-corrected chi connectivity index (χ4v) is 1.64. The van der Waals surface area contributed by atoms with Gasteiger partial charge in [-0.2, -0.15) is 0 Å². The molecular weight excluding hydrogens is 200 g/mol. The molecule has 5 heteroatoms. The van der Waals surface area contributed by atoms with Crippen molar-refractivity contribution in [3.63, 3.8) is 0 Å². The summed E-state index contributed by atoms with van der Waals surface area (Å²) in [5, 5.41) is 9.35. The lowest BCUT2D eigenvalue weighted by molar-refractivity contribution is 0.475. The Morgan fingerprint density at radius 1 is 1.42 bits per heavy atom. The molecule has 66 valence electrons. The molecule has 0 heterocycles. The summed E-state index contributed by atoms with van der Waals surface area (Å²) in [6.07, 6.45) is 0. The molecule has 1 rings (SSSR count). The quantitative estimate of drug-likeness (QED) is 0.714. The Morgan fingerprint density at radius 2 is 2.08 bits per heavy atom. The van der Waals surface area contributed by atoms with Gasteiger partial charge in [-0.3, -0.25) is 0 Å². The normalized spacial score (nSPS) is 10.5. The highest BCUT2D eigenvalue weighted by Gasteiger charge is 2.01. The van der Waals surface area contributed by atoms with E-state index in [0.29, 0.717) is 10.6 Å². The van der Waals surface area contributed by atoms with Crippen LogP contribution in [0.4, 0.5) is 0 Å². The summed E-state index contributed by atoms with van der Waals surface area (Å²) in [5.74, 6) is -0.117. The zero-order valence-corrected chi connectivity index (χ0v) is 7.68. The largest absolute Gasteiger partial charge is 0.508 e. The molecule has 0 radical (unpaired) electrons. The number of benzene rings is 1.